The van der Waals surface area contributed by atoms with Gasteiger partial charge >= 0.3 is 0 Å². The number of hydrogen-bond acceptors (Lipinski definition) is 3. The van der Waals surface area contributed by atoms with Crippen LogP contribution in [0.15, 0.2) is 24.3 Å². The van der Waals surface area contributed by atoms with Gasteiger partial charge in [0.25, 0.3) is 0 Å². The van der Waals surface area contributed by atoms with Gasteiger partial charge in [0.1, 0.15) is 5.75 Å². The van der Waals surface area contributed by atoms with Crippen molar-refractivity contribution in [1.29, 1.82) is 0 Å². The summed E-state index contributed by atoms with van der Waals surface area (Å²) in [7, 11) is 3.86. The molecule has 0 aliphatic heterocycles. The van der Waals surface area contributed by atoms with E-state index in [9.17, 15) is 0 Å². The van der Waals surface area contributed by atoms with Crippen molar-refractivity contribution in [3.05, 3.63) is 29.8 Å². The predicted octanol–water partition coefficient (Wildman–Crippen LogP) is 2.43. The third kappa shape index (κ3) is 3.03. The van der Waals surface area contributed by atoms with Gasteiger partial charge in [-0.1, -0.05) is 18.2 Å². The van der Waals surface area contributed by atoms with Gasteiger partial charge in [-0.25, -0.2) is 0 Å². The van der Waals surface area contributed by atoms with Crippen LogP contribution in [-0.4, -0.2) is 31.6 Å². The minimum absolute atomic E-state index is 0.00681. The Kier molecular flexibility index (Phi) is 4.25. The number of ether oxygens (including phenoxy) is 1. The molecule has 2 N–H and O–H groups in total. The van der Waals surface area contributed by atoms with Crippen LogP contribution < -0.4 is 10.5 Å². The Balaban J connectivity index is 1.99. The molecule has 0 saturated heterocycles. The summed E-state index contributed by atoms with van der Waals surface area (Å²) in [4.78, 5) is 2.37. The van der Waals surface area contributed by atoms with E-state index in [2.05, 4.69) is 24.9 Å². The van der Waals surface area contributed by atoms with Gasteiger partial charge in [-0.15, -0.1) is 0 Å². The number of para-hydroxylation sites is 1. The first-order valence-corrected chi connectivity index (χ1v) is 6.72. The first-order valence-electron chi connectivity index (χ1n) is 6.72. The predicted molar refractivity (Wildman–Crippen MR) is 74.7 cm³/mol. The Hall–Kier alpha value is -1.06. The molecular formula is C15H24N2O. The van der Waals surface area contributed by atoms with Crippen LogP contribution in [0.5, 0.6) is 5.75 Å². The van der Waals surface area contributed by atoms with Crippen molar-refractivity contribution >= 4 is 0 Å². The van der Waals surface area contributed by atoms with Gasteiger partial charge in [0.15, 0.2) is 0 Å². The summed E-state index contributed by atoms with van der Waals surface area (Å²) < 4.78 is 5.37. The molecule has 3 nitrogen and oxygen atoms in total. The fourth-order valence-corrected chi connectivity index (χ4v) is 2.49. The van der Waals surface area contributed by atoms with E-state index in [0.717, 1.165) is 23.8 Å². The molecular weight excluding hydrogens is 224 g/mol. The summed E-state index contributed by atoms with van der Waals surface area (Å²) in [6.45, 7) is 3.17. The summed E-state index contributed by atoms with van der Waals surface area (Å²) >= 11 is 0. The monoisotopic (exact) mass is 248 g/mol. The second kappa shape index (κ2) is 5.72. The number of rotatable bonds is 6. The summed E-state index contributed by atoms with van der Waals surface area (Å²) in [5.74, 6) is 1.76. The first kappa shape index (κ1) is 13.4. The van der Waals surface area contributed by atoms with Crippen LogP contribution in [0.3, 0.4) is 0 Å². The molecule has 1 aromatic rings. The van der Waals surface area contributed by atoms with E-state index in [4.69, 9.17) is 10.5 Å². The molecule has 1 saturated carbocycles. The largest absolute Gasteiger partial charge is 0.496 e. The van der Waals surface area contributed by atoms with Gasteiger partial charge in [0.05, 0.1) is 7.11 Å². The van der Waals surface area contributed by atoms with Gasteiger partial charge in [-0.3, -0.25) is 0 Å². The zero-order valence-corrected chi connectivity index (χ0v) is 11.6. The second-order valence-electron chi connectivity index (χ2n) is 5.37. The fraction of sp³-hybridized carbons (Fsp3) is 0.600. The average molecular weight is 248 g/mol. The van der Waals surface area contributed by atoms with Gasteiger partial charge < -0.3 is 15.4 Å². The van der Waals surface area contributed by atoms with Crippen LogP contribution in [0.4, 0.5) is 0 Å². The molecule has 2 atom stereocenters. The van der Waals surface area contributed by atoms with Gasteiger partial charge in [-0.05, 0) is 38.8 Å². The van der Waals surface area contributed by atoms with E-state index < -0.39 is 0 Å². The lowest BCUT2D eigenvalue weighted by atomic mass is 10.0. The molecule has 18 heavy (non-hydrogen) atoms. The van der Waals surface area contributed by atoms with Crippen molar-refractivity contribution in [2.24, 2.45) is 11.7 Å². The van der Waals surface area contributed by atoms with E-state index in [1.807, 2.05) is 18.2 Å². The first-order chi connectivity index (χ1) is 8.63. The average Bonchev–Trinajstić information content (AvgIpc) is 3.21. The van der Waals surface area contributed by atoms with Crippen molar-refractivity contribution in [3.8, 4) is 5.75 Å². The van der Waals surface area contributed by atoms with Crippen LogP contribution >= 0.6 is 0 Å². The highest BCUT2D eigenvalue weighted by Gasteiger charge is 2.31. The molecule has 3 heteroatoms. The Morgan fingerprint density at radius 3 is 2.67 bits per heavy atom. The number of hydrogen-bond donors (Lipinski definition) is 1. The molecule has 1 aliphatic carbocycles. The van der Waals surface area contributed by atoms with Crippen LogP contribution in [0.2, 0.25) is 0 Å². The second-order valence-corrected chi connectivity index (χ2v) is 5.37. The molecule has 0 amide bonds. The van der Waals surface area contributed by atoms with E-state index in [-0.39, 0.29) is 6.04 Å². The third-order valence-electron chi connectivity index (χ3n) is 4.02. The number of nitrogens with two attached hydrogens (primary N) is 1. The van der Waals surface area contributed by atoms with Crippen molar-refractivity contribution in [2.75, 3.05) is 20.7 Å². The summed E-state index contributed by atoms with van der Waals surface area (Å²) in [6.07, 6.45) is 2.74. The van der Waals surface area contributed by atoms with Gasteiger partial charge in [0.2, 0.25) is 0 Å². The van der Waals surface area contributed by atoms with Gasteiger partial charge in [0, 0.05) is 24.2 Å². The SMILES string of the molecule is COc1ccccc1C(N)CN(C)C(C)C1CC1. The summed E-state index contributed by atoms with van der Waals surface area (Å²) in [5, 5.41) is 0. The van der Waals surface area contributed by atoms with E-state index >= 15 is 0 Å². The van der Waals surface area contributed by atoms with Crippen molar-refractivity contribution in [1.82, 2.24) is 4.90 Å². The zero-order chi connectivity index (χ0) is 13.1. The summed E-state index contributed by atoms with van der Waals surface area (Å²) in [6, 6.07) is 8.66. The maximum Gasteiger partial charge on any atom is 0.123 e. The van der Waals surface area contributed by atoms with Crippen molar-refractivity contribution in [3.63, 3.8) is 0 Å². The van der Waals surface area contributed by atoms with Crippen LogP contribution in [0.25, 0.3) is 0 Å². The van der Waals surface area contributed by atoms with Crippen molar-refractivity contribution < 1.29 is 4.74 Å². The third-order valence-corrected chi connectivity index (χ3v) is 4.02. The molecule has 100 valence electrons. The molecule has 0 spiro atoms. The highest BCUT2D eigenvalue weighted by atomic mass is 16.5. The lowest BCUT2D eigenvalue weighted by Crippen LogP contribution is -2.36. The van der Waals surface area contributed by atoms with Crippen LogP contribution in [0, 0.1) is 5.92 Å². The molecule has 1 aromatic carbocycles. The number of benzene rings is 1. The molecule has 0 radical (unpaired) electrons. The van der Waals surface area contributed by atoms with Crippen LogP contribution in [0.1, 0.15) is 31.4 Å². The Labute approximate surface area is 110 Å². The zero-order valence-electron chi connectivity index (χ0n) is 11.6. The lowest BCUT2D eigenvalue weighted by Gasteiger charge is -2.28. The molecule has 0 heterocycles. The van der Waals surface area contributed by atoms with Gasteiger partial charge in [-0.2, -0.15) is 0 Å². The standard InChI is InChI=1S/C15H24N2O/c1-11(12-8-9-12)17(2)10-14(16)13-6-4-5-7-15(13)18-3/h4-7,11-12,14H,8-10,16H2,1-3H3. The Morgan fingerprint density at radius 1 is 1.39 bits per heavy atom. The molecule has 2 rings (SSSR count). The Morgan fingerprint density at radius 2 is 2.06 bits per heavy atom. The molecule has 0 aromatic heterocycles. The smallest absolute Gasteiger partial charge is 0.123 e. The minimum atomic E-state index is 0.00681. The highest BCUT2D eigenvalue weighted by Crippen LogP contribution is 2.35. The number of nitrogens with zero attached hydrogens (tertiary/aromatic N) is 1. The topological polar surface area (TPSA) is 38.5 Å². The normalized spacial score (nSPS) is 18.7. The lowest BCUT2D eigenvalue weighted by molar-refractivity contribution is 0.220. The molecule has 1 aliphatic rings. The van der Waals surface area contributed by atoms with E-state index in [1.54, 1.807) is 7.11 Å². The quantitative estimate of drug-likeness (QED) is 0.840. The molecule has 1 fully saturated rings. The molecule has 0 bridgehead atoms. The fourth-order valence-electron chi connectivity index (χ4n) is 2.49. The summed E-state index contributed by atoms with van der Waals surface area (Å²) in [5.41, 5.74) is 7.40. The molecule has 2 unspecified atom stereocenters. The minimum Gasteiger partial charge on any atom is -0.496 e. The maximum absolute atomic E-state index is 6.31. The number of methoxy groups -OCH3 is 1. The van der Waals surface area contributed by atoms with Crippen LogP contribution in [-0.2, 0) is 0 Å². The highest BCUT2D eigenvalue weighted by molar-refractivity contribution is 5.35. The number of likely N-dealkylation sites (N-methyl/N-ethyl adjacent to an activating group) is 1. The van der Waals surface area contributed by atoms with E-state index in [1.165, 1.54) is 12.8 Å². The van der Waals surface area contributed by atoms with E-state index in [0.29, 0.717) is 6.04 Å². The Bertz CT molecular complexity index is 390. The van der Waals surface area contributed by atoms with Crippen molar-refractivity contribution in [2.45, 2.75) is 31.8 Å². The maximum atomic E-state index is 6.31.